The zero-order valence-corrected chi connectivity index (χ0v) is 6.45. The number of rotatable bonds is 2. The Hall–Kier alpha value is -1.30. The lowest BCUT2D eigenvalue weighted by molar-refractivity contribution is -0.119. The summed E-state index contributed by atoms with van der Waals surface area (Å²) in [5.41, 5.74) is 9.81. The van der Waals surface area contributed by atoms with Crippen LogP contribution in [0, 0.1) is 0 Å². The molecular formula is C6H11N3O3. The first kappa shape index (κ1) is 8.79. The van der Waals surface area contributed by atoms with Gasteiger partial charge in [0.1, 0.15) is 6.10 Å². The predicted molar refractivity (Wildman–Crippen MR) is 40.1 cm³/mol. The van der Waals surface area contributed by atoms with Gasteiger partial charge in [-0.15, -0.1) is 0 Å². The molecular weight excluding hydrogens is 162 g/mol. The molecule has 1 fully saturated rings. The molecule has 0 aromatic carbocycles. The van der Waals surface area contributed by atoms with Gasteiger partial charge in [-0.25, -0.2) is 4.79 Å². The minimum Gasteiger partial charge on any atom is -0.445 e. The molecule has 1 aliphatic heterocycles. The number of primary amides is 2. The van der Waals surface area contributed by atoms with E-state index < -0.39 is 18.0 Å². The van der Waals surface area contributed by atoms with Gasteiger partial charge in [-0.05, 0) is 0 Å². The number of nitrogens with one attached hydrogen (secondary N) is 1. The summed E-state index contributed by atoms with van der Waals surface area (Å²) in [5, 5.41) is 2.80. The van der Waals surface area contributed by atoms with Gasteiger partial charge in [0, 0.05) is 13.0 Å². The first-order valence-electron chi connectivity index (χ1n) is 3.58. The summed E-state index contributed by atoms with van der Waals surface area (Å²) in [6.07, 6.45) is -0.759. The number of carbonyl (C=O) groups excluding carboxylic acids is 2. The molecule has 6 nitrogen and oxygen atoms in total. The van der Waals surface area contributed by atoms with E-state index in [1.807, 2.05) is 0 Å². The van der Waals surface area contributed by atoms with Crippen molar-refractivity contribution in [1.82, 2.24) is 5.32 Å². The van der Waals surface area contributed by atoms with Gasteiger partial charge in [-0.1, -0.05) is 0 Å². The zero-order valence-electron chi connectivity index (χ0n) is 6.45. The molecule has 1 saturated heterocycles. The van der Waals surface area contributed by atoms with Gasteiger partial charge in [0.25, 0.3) is 0 Å². The molecule has 2 unspecified atom stereocenters. The van der Waals surface area contributed by atoms with Crippen molar-refractivity contribution in [2.24, 2.45) is 11.5 Å². The van der Waals surface area contributed by atoms with E-state index in [1.54, 1.807) is 0 Å². The number of nitrogens with two attached hydrogens (primary N) is 2. The maximum absolute atomic E-state index is 10.6. The Morgan fingerprint density at radius 1 is 1.42 bits per heavy atom. The van der Waals surface area contributed by atoms with Gasteiger partial charge >= 0.3 is 6.09 Å². The van der Waals surface area contributed by atoms with Crippen molar-refractivity contribution in [3.63, 3.8) is 0 Å². The number of carbonyl (C=O) groups is 2. The Balaban J connectivity index is 2.35. The van der Waals surface area contributed by atoms with E-state index in [9.17, 15) is 9.59 Å². The average Bonchev–Trinajstić information content (AvgIpc) is 2.34. The predicted octanol–water partition coefficient (Wildman–Crippen LogP) is -1.70. The minimum atomic E-state index is -0.827. The second-order valence-corrected chi connectivity index (χ2v) is 2.66. The van der Waals surface area contributed by atoms with E-state index in [1.165, 1.54) is 0 Å². The largest absolute Gasteiger partial charge is 0.445 e. The van der Waals surface area contributed by atoms with Crippen LogP contribution in [0.3, 0.4) is 0 Å². The van der Waals surface area contributed by atoms with E-state index in [2.05, 4.69) is 10.1 Å². The molecule has 0 radical (unpaired) electrons. The highest BCUT2D eigenvalue weighted by atomic mass is 16.6. The van der Waals surface area contributed by atoms with Crippen LogP contribution in [0.25, 0.3) is 0 Å². The lowest BCUT2D eigenvalue weighted by Gasteiger charge is -2.07. The molecule has 2 atom stereocenters. The van der Waals surface area contributed by atoms with Gasteiger partial charge in [0.2, 0.25) is 5.91 Å². The number of hydrogen-bond donors (Lipinski definition) is 3. The molecule has 12 heavy (non-hydrogen) atoms. The van der Waals surface area contributed by atoms with E-state index in [4.69, 9.17) is 11.5 Å². The summed E-state index contributed by atoms with van der Waals surface area (Å²) < 4.78 is 4.66. The normalized spacial score (nSPS) is 28.3. The number of hydrogen-bond acceptors (Lipinski definition) is 4. The highest BCUT2D eigenvalue weighted by Crippen LogP contribution is 2.09. The Morgan fingerprint density at radius 3 is 2.50 bits per heavy atom. The van der Waals surface area contributed by atoms with Crippen LogP contribution in [-0.2, 0) is 9.53 Å². The highest BCUT2D eigenvalue weighted by Gasteiger charge is 2.29. The van der Waals surface area contributed by atoms with Gasteiger partial charge < -0.3 is 21.5 Å². The summed E-state index contributed by atoms with van der Waals surface area (Å²) in [6.45, 7) is 0.427. The fraction of sp³-hybridized carbons (Fsp3) is 0.667. The summed E-state index contributed by atoms with van der Waals surface area (Å²) in [5.74, 6) is -0.439. The monoisotopic (exact) mass is 173 g/mol. The molecule has 68 valence electrons. The van der Waals surface area contributed by atoms with E-state index >= 15 is 0 Å². The fourth-order valence-electron chi connectivity index (χ4n) is 1.17. The van der Waals surface area contributed by atoms with Gasteiger partial charge in [0.05, 0.1) is 6.04 Å². The molecule has 1 aliphatic rings. The summed E-state index contributed by atoms with van der Waals surface area (Å²) in [6, 6.07) is -0.408. The third-order valence-electron chi connectivity index (χ3n) is 1.72. The van der Waals surface area contributed by atoms with Crippen LogP contribution in [0.2, 0.25) is 0 Å². The second kappa shape index (κ2) is 3.40. The van der Waals surface area contributed by atoms with Crippen molar-refractivity contribution in [2.75, 3.05) is 6.54 Å². The third-order valence-corrected chi connectivity index (χ3v) is 1.72. The minimum absolute atomic E-state index is 0.333. The average molecular weight is 173 g/mol. The second-order valence-electron chi connectivity index (χ2n) is 2.66. The molecule has 1 rings (SSSR count). The standard InChI is InChI=1S/C6H11N3O3/c7-5(10)4-1-3(2-9-4)12-6(8)11/h3-4,9H,1-2H2,(H2,7,10)(H2,8,11). The van der Waals surface area contributed by atoms with Crippen LogP contribution in [0.4, 0.5) is 4.79 Å². The topological polar surface area (TPSA) is 107 Å². The first-order valence-corrected chi connectivity index (χ1v) is 3.58. The first-order chi connectivity index (χ1) is 5.59. The maximum Gasteiger partial charge on any atom is 0.404 e. The van der Waals surface area contributed by atoms with Crippen LogP contribution >= 0.6 is 0 Å². The Kier molecular flexibility index (Phi) is 2.49. The van der Waals surface area contributed by atoms with E-state index in [0.29, 0.717) is 13.0 Å². The van der Waals surface area contributed by atoms with Crippen LogP contribution in [0.1, 0.15) is 6.42 Å². The van der Waals surface area contributed by atoms with Gasteiger partial charge in [-0.2, -0.15) is 0 Å². The van der Waals surface area contributed by atoms with E-state index in [0.717, 1.165) is 0 Å². The molecule has 0 bridgehead atoms. The summed E-state index contributed by atoms with van der Waals surface area (Å²) in [7, 11) is 0. The molecule has 0 saturated carbocycles. The molecule has 0 aromatic rings. The quantitative estimate of drug-likeness (QED) is 0.462. The molecule has 0 aliphatic carbocycles. The van der Waals surface area contributed by atoms with Crippen molar-refractivity contribution >= 4 is 12.0 Å². The molecule has 0 spiro atoms. The van der Waals surface area contributed by atoms with Crippen molar-refractivity contribution < 1.29 is 14.3 Å². The molecule has 1 heterocycles. The Morgan fingerprint density at radius 2 is 2.08 bits per heavy atom. The van der Waals surface area contributed by atoms with Crippen LogP contribution < -0.4 is 16.8 Å². The molecule has 2 amide bonds. The van der Waals surface area contributed by atoms with Crippen molar-refractivity contribution in [1.29, 1.82) is 0 Å². The van der Waals surface area contributed by atoms with Crippen LogP contribution in [0.5, 0.6) is 0 Å². The zero-order chi connectivity index (χ0) is 9.14. The summed E-state index contributed by atoms with van der Waals surface area (Å²) >= 11 is 0. The smallest absolute Gasteiger partial charge is 0.404 e. The lowest BCUT2D eigenvalue weighted by Crippen LogP contribution is -2.36. The van der Waals surface area contributed by atoms with Gasteiger partial charge in [0.15, 0.2) is 0 Å². The third kappa shape index (κ3) is 2.09. The molecule has 5 N–H and O–H groups in total. The summed E-state index contributed by atoms with van der Waals surface area (Å²) in [4.78, 5) is 20.9. The van der Waals surface area contributed by atoms with Crippen molar-refractivity contribution in [2.45, 2.75) is 18.6 Å². The highest BCUT2D eigenvalue weighted by molar-refractivity contribution is 5.80. The Bertz CT molecular complexity index is 206. The fourth-order valence-corrected chi connectivity index (χ4v) is 1.17. The van der Waals surface area contributed by atoms with Gasteiger partial charge in [-0.3, -0.25) is 4.79 Å². The number of ether oxygens (including phenoxy) is 1. The van der Waals surface area contributed by atoms with Crippen molar-refractivity contribution in [3.8, 4) is 0 Å². The molecule has 6 heteroatoms. The molecule has 0 aromatic heterocycles. The van der Waals surface area contributed by atoms with Crippen LogP contribution in [-0.4, -0.2) is 30.7 Å². The lowest BCUT2D eigenvalue weighted by atomic mass is 10.2. The van der Waals surface area contributed by atoms with Crippen LogP contribution in [0.15, 0.2) is 0 Å². The van der Waals surface area contributed by atoms with Crippen molar-refractivity contribution in [3.05, 3.63) is 0 Å². The number of amides is 2. The van der Waals surface area contributed by atoms with E-state index in [-0.39, 0.29) is 6.10 Å². The maximum atomic E-state index is 10.6. The Labute approximate surface area is 69.2 Å². The SMILES string of the molecule is NC(=O)OC1CNC(C(N)=O)C1.